The van der Waals surface area contributed by atoms with Gasteiger partial charge in [-0.25, -0.2) is 0 Å². The van der Waals surface area contributed by atoms with E-state index in [1.807, 2.05) is 0 Å². The van der Waals surface area contributed by atoms with Crippen molar-refractivity contribution in [2.24, 2.45) is 0 Å². The van der Waals surface area contributed by atoms with Crippen molar-refractivity contribution in [3.05, 3.63) is 0 Å². The average molecular weight is 241 g/mol. The minimum atomic E-state index is -0.0487. The predicted octanol–water partition coefficient (Wildman–Crippen LogP) is 0.0668. The molecule has 0 unspecified atom stereocenters. The van der Waals surface area contributed by atoms with Crippen molar-refractivity contribution in [1.82, 2.24) is 15.1 Å². The standard InChI is InChI=1S/C12H23N3O2/c1-3-14(4-2)9-7-13-11(16)10-15-8-5-6-12(15)17/h3-10H2,1-2H3,(H,13,16). The third-order valence-corrected chi connectivity index (χ3v) is 3.15. The number of likely N-dealkylation sites (N-methyl/N-ethyl adjacent to an activating group) is 1. The molecule has 1 aliphatic rings. The van der Waals surface area contributed by atoms with Gasteiger partial charge in [0.1, 0.15) is 0 Å². The number of nitrogens with zero attached hydrogens (tertiary/aromatic N) is 2. The number of carbonyl (C=O) groups is 2. The number of amides is 2. The fourth-order valence-electron chi connectivity index (χ4n) is 1.99. The van der Waals surface area contributed by atoms with Gasteiger partial charge < -0.3 is 15.1 Å². The Kier molecular flexibility index (Phi) is 5.97. The fraction of sp³-hybridized carbons (Fsp3) is 0.833. The molecule has 0 aromatic carbocycles. The Labute approximate surface area is 103 Å². The summed E-state index contributed by atoms with van der Waals surface area (Å²) in [7, 11) is 0. The van der Waals surface area contributed by atoms with E-state index in [0.29, 0.717) is 13.0 Å². The molecule has 98 valence electrons. The summed E-state index contributed by atoms with van der Waals surface area (Å²) in [4.78, 5) is 26.8. The van der Waals surface area contributed by atoms with Crippen LogP contribution in [0.1, 0.15) is 26.7 Å². The molecular formula is C12H23N3O2. The maximum absolute atomic E-state index is 11.6. The highest BCUT2D eigenvalue weighted by molar-refractivity contribution is 5.85. The molecule has 1 heterocycles. The van der Waals surface area contributed by atoms with E-state index in [1.165, 1.54) is 0 Å². The molecule has 0 saturated carbocycles. The Morgan fingerprint density at radius 3 is 2.65 bits per heavy atom. The molecule has 0 aromatic heterocycles. The summed E-state index contributed by atoms with van der Waals surface area (Å²) in [6.45, 7) is 8.67. The monoisotopic (exact) mass is 241 g/mol. The summed E-state index contributed by atoms with van der Waals surface area (Å²) < 4.78 is 0. The van der Waals surface area contributed by atoms with Crippen LogP contribution >= 0.6 is 0 Å². The van der Waals surface area contributed by atoms with Gasteiger partial charge in [0.05, 0.1) is 6.54 Å². The van der Waals surface area contributed by atoms with E-state index < -0.39 is 0 Å². The van der Waals surface area contributed by atoms with Gasteiger partial charge in [-0.1, -0.05) is 13.8 Å². The van der Waals surface area contributed by atoms with E-state index in [1.54, 1.807) is 4.90 Å². The Morgan fingerprint density at radius 1 is 1.41 bits per heavy atom. The van der Waals surface area contributed by atoms with Gasteiger partial charge in [-0.3, -0.25) is 9.59 Å². The molecule has 0 atom stereocenters. The van der Waals surface area contributed by atoms with E-state index in [-0.39, 0.29) is 18.4 Å². The Hall–Kier alpha value is -1.10. The largest absolute Gasteiger partial charge is 0.353 e. The topological polar surface area (TPSA) is 52.7 Å². The van der Waals surface area contributed by atoms with Gasteiger partial charge in [0, 0.05) is 26.1 Å². The second-order valence-corrected chi connectivity index (χ2v) is 4.30. The molecular weight excluding hydrogens is 218 g/mol. The number of hydrogen-bond donors (Lipinski definition) is 1. The molecule has 0 bridgehead atoms. The predicted molar refractivity (Wildman–Crippen MR) is 66.6 cm³/mol. The van der Waals surface area contributed by atoms with E-state index >= 15 is 0 Å². The normalized spacial score (nSPS) is 15.7. The van der Waals surface area contributed by atoms with Crippen molar-refractivity contribution in [1.29, 1.82) is 0 Å². The molecule has 2 amide bonds. The molecule has 5 heteroatoms. The van der Waals surface area contributed by atoms with Gasteiger partial charge >= 0.3 is 0 Å². The zero-order valence-electron chi connectivity index (χ0n) is 10.9. The highest BCUT2D eigenvalue weighted by atomic mass is 16.2. The van der Waals surface area contributed by atoms with Crippen LogP contribution in [-0.4, -0.2) is 60.9 Å². The second kappa shape index (κ2) is 7.27. The Bertz CT molecular complexity index is 264. The first-order valence-electron chi connectivity index (χ1n) is 6.44. The van der Waals surface area contributed by atoms with E-state index in [2.05, 4.69) is 24.1 Å². The molecule has 1 saturated heterocycles. The summed E-state index contributed by atoms with van der Waals surface area (Å²) in [6.07, 6.45) is 1.47. The number of carbonyl (C=O) groups excluding carboxylic acids is 2. The smallest absolute Gasteiger partial charge is 0.239 e. The van der Waals surface area contributed by atoms with Crippen LogP contribution in [0.15, 0.2) is 0 Å². The molecule has 0 aliphatic carbocycles. The van der Waals surface area contributed by atoms with Gasteiger partial charge in [-0.15, -0.1) is 0 Å². The van der Waals surface area contributed by atoms with E-state index in [0.717, 1.165) is 32.6 Å². The fourth-order valence-corrected chi connectivity index (χ4v) is 1.99. The van der Waals surface area contributed by atoms with Gasteiger partial charge in [-0.05, 0) is 19.5 Å². The molecule has 0 aromatic rings. The lowest BCUT2D eigenvalue weighted by Gasteiger charge is -2.19. The van der Waals surface area contributed by atoms with Crippen molar-refractivity contribution >= 4 is 11.8 Å². The molecule has 1 rings (SSSR count). The number of hydrogen-bond acceptors (Lipinski definition) is 3. The zero-order valence-corrected chi connectivity index (χ0v) is 10.9. The van der Waals surface area contributed by atoms with Crippen molar-refractivity contribution < 1.29 is 9.59 Å². The maximum atomic E-state index is 11.6. The quantitative estimate of drug-likeness (QED) is 0.686. The van der Waals surface area contributed by atoms with Gasteiger partial charge in [0.25, 0.3) is 0 Å². The van der Waals surface area contributed by atoms with Gasteiger partial charge in [-0.2, -0.15) is 0 Å². The van der Waals surface area contributed by atoms with Crippen LogP contribution in [0.25, 0.3) is 0 Å². The number of rotatable bonds is 7. The molecule has 5 nitrogen and oxygen atoms in total. The summed E-state index contributed by atoms with van der Waals surface area (Å²) in [5.41, 5.74) is 0. The third-order valence-electron chi connectivity index (χ3n) is 3.15. The second-order valence-electron chi connectivity index (χ2n) is 4.30. The van der Waals surface area contributed by atoms with Crippen molar-refractivity contribution in [2.75, 3.05) is 39.3 Å². The maximum Gasteiger partial charge on any atom is 0.239 e. The summed E-state index contributed by atoms with van der Waals surface area (Å²) in [6, 6.07) is 0. The molecule has 1 aliphatic heterocycles. The third kappa shape index (κ3) is 4.73. The SMILES string of the molecule is CCN(CC)CCNC(=O)CN1CCCC1=O. The van der Waals surface area contributed by atoms with Crippen LogP contribution < -0.4 is 5.32 Å². The van der Waals surface area contributed by atoms with Crippen molar-refractivity contribution in [3.8, 4) is 0 Å². The van der Waals surface area contributed by atoms with Crippen LogP contribution in [0, 0.1) is 0 Å². The van der Waals surface area contributed by atoms with E-state index in [4.69, 9.17) is 0 Å². The van der Waals surface area contributed by atoms with Crippen LogP contribution in [0.2, 0.25) is 0 Å². The molecule has 0 radical (unpaired) electrons. The number of nitrogens with one attached hydrogen (secondary N) is 1. The highest BCUT2D eigenvalue weighted by Gasteiger charge is 2.21. The van der Waals surface area contributed by atoms with Gasteiger partial charge in [0.2, 0.25) is 11.8 Å². The zero-order chi connectivity index (χ0) is 12.7. The first-order valence-corrected chi connectivity index (χ1v) is 6.44. The van der Waals surface area contributed by atoms with Crippen LogP contribution in [0.5, 0.6) is 0 Å². The minimum absolute atomic E-state index is 0.0487. The molecule has 1 fully saturated rings. The van der Waals surface area contributed by atoms with Crippen molar-refractivity contribution in [3.63, 3.8) is 0 Å². The first kappa shape index (κ1) is 14.0. The molecule has 0 spiro atoms. The van der Waals surface area contributed by atoms with Crippen LogP contribution in [0.4, 0.5) is 0 Å². The van der Waals surface area contributed by atoms with Gasteiger partial charge in [0.15, 0.2) is 0 Å². The first-order chi connectivity index (χ1) is 8.17. The summed E-state index contributed by atoms with van der Waals surface area (Å²) in [5.74, 6) is 0.0521. The minimum Gasteiger partial charge on any atom is -0.353 e. The summed E-state index contributed by atoms with van der Waals surface area (Å²) in [5, 5.41) is 2.85. The molecule has 17 heavy (non-hydrogen) atoms. The average Bonchev–Trinajstić information content (AvgIpc) is 2.71. The van der Waals surface area contributed by atoms with E-state index in [9.17, 15) is 9.59 Å². The highest BCUT2D eigenvalue weighted by Crippen LogP contribution is 2.08. The Morgan fingerprint density at radius 2 is 2.12 bits per heavy atom. The lowest BCUT2D eigenvalue weighted by Crippen LogP contribution is -2.41. The molecule has 1 N–H and O–H groups in total. The van der Waals surface area contributed by atoms with Crippen LogP contribution in [0.3, 0.4) is 0 Å². The number of likely N-dealkylation sites (tertiary alicyclic amines) is 1. The van der Waals surface area contributed by atoms with Crippen molar-refractivity contribution in [2.45, 2.75) is 26.7 Å². The summed E-state index contributed by atoms with van der Waals surface area (Å²) >= 11 is 0. The van der Waals surface area contributed by atoms with Crippen LogP contribution in [-0.2, 0) is 9.59 Å². The Balaban J connectivity index is 2.14. The lowest BCUT2D eigenvalue weighted by molar-refractivity contribution is -0.133. The lowest BCUT2D eigenvalue weighted by atomic mass is 10.4.